The molecule has 3 aromatic rings. The van der Waals surface area contributed by atoms with Gasteiger partial charge in [-0.25, -0.2) is 14.6 Å². The molecule has 0 aliphatic heterocycles. The van der Waals surface area contributed by atoms with Crippen LogP contribution in [0.25, 0.3) is 11.0 Å². The van der Waals surface area contributed by atoms with Crippen LogP contribution < -0.4 is 15.4 Å². The van der Waals surface area contributed by atoms with E-state index in [1.54, 1.807) is 30.1 Å². The van der Waals surface area contributed by atoms with Crippen molar-refractivity contribution in [2.75, 3.05) is 30.8 Å². The van der Waals surface area contributed by atoms with E-state index in [-0.39, 0.29) is 5.91 Å². The van der Waals surface area contributed by atoms with E-state index in [2.05, 4.69) is 46.5 Å². The second-order valence-corrected chi connectivity index (χ2v) is 8.53. The SMILES string of the molecule is CCCCOc1ccc(C(=O)NCCn2ncc3c(NCCC)nc(SCC)nc32)cc1. The Labute approximate surface area is 193 Å². The van der Waals surface area contributed by atoms with Crippen LogP contribution in [0.2, 0.25) is 0 Å². The van der Waals surface area contributed by atoms with Gasteiger partial charge in [0.15, 0.2) is 10.8 Å². The molecule has 0 aliphatic carbocycles. The monoisotopic (exact) mass is 456 g/mol. The van der Waals surface area contributed by atoms with Crippen LogP contribution in [0.4, 0.5) is 5.82 Å². The zero-order chi connectivity index (χ0) is 22.8. The van der Waals surface area contributed by atoms with Gasteiger partial charge in [-0.15, -0.1) is 0 Å². The number of carbonyl (C=O) groups excluding carboxylic acids is 1. The third kappa shape index (κ3) is 6.35. The van der Waals surface area contributed by atoms with Crippen LogP contribution in [-0.4, -0.2) is 51.1 Å². The van der Waals surface area contributed by atoms with Gasteiger partial charge in [-0.05, 0) is 42.9 Å². The average molecular weight is 457 g/mol. The number of hydrogen-bond acceptors (Lipinski definition) is 7. The minimum atomic E-state index is -0.122. The Bertz CT molecular complexity index is 1010. The summed E-state index contributed by atoms with van der Waals surface area (Å²) in [5.74, 6) is 2.37. The summed E-state index contributed by atoms with van der Waals surface area (Å²) in [6.45, 7) is 8.82. The molecule has 3 rings (SSSR count). The van der Waals surface area contributed by atoms with Crippen molar-refractivity contribution in [2.24, 2.45) is 0 Å². The van der Waals surface area contributed by atoms with Crippen LogP contribution in [0, 0.1) is 0 Å². The number of aromatic nitrogens is 4. The standard InChI is InChI=1S/C23H32N6O2S/c1-4-7-15-31-18-10-8-17(9-11-18)22(30)25-13-14-29-21-19(16-26-29)20(24-12-5-2)27-23(28-21)32-6-3/h8-11,16H,4-7,12-15H2,1-3H3,(H,25,30)(H,24,27,28). The van der Waals surface area contributed by atoms with Gasteiger partial charge in [0.25, 0.3) is 5.91 Å². The number of nitrogens with zero attached hydrogens (tertiary/aromatic N) is 4. The van der Waals surface area contributed by atoms with Crippen molar-refractivity contribution in [2.45, 2.75) is 51.7 Å². The smallest absolute Gasteiger partial charge is 0.251 e. The molecule has 0 saturated carbocycles. The Kier molecular flexibility index (Phi) is 9.15. The number of thioether (sulfide) groups is 1. The first kappa shape index (κ1) is 23.8. The summed E-state index contributed by atoms with van der Waals surface area (Å²) in [6, 6.07) is 7.24. The number of carbonyl (C=O) groups is 1. The van der Waals surface area contributed by atoms with Gasteiger partial charge < -0.3 is 15.4 Å². The van der Waals surface area contributed by atoms with Crippen LogP contribution in [0.5, 0.6) is 5.75 Å². The number of rotatable bonds is 13. The van der Waals surface area contributed by atoms with Crippen molar-refractivity contribution in [3.05, 3.63) is 36.0 Å². The Hall–Kier alpha value is -2.81. The summed E-state index contributed by atoms with van der Waals surface area (Å²) >= 11 is 1.60. The molecule has 0 aliphatic rings. The first-order chi connectivity index (χ1) is 15.7. The zero-order valence-corrected chi connectivity index (χ0v) is 19.9. The van der Waals surface area contributed by atoms with Crippen LogP contribution in [0.1, 0.15) is 50.4 Å². The summed E-state index contributed by atoms with van der Waals surface area (Å²) in [7, 11) is 0. The molecule has 2 N–H and O–H groups in total. The quantitative estimate of drug-likeness (QED) is 0.224. The van der Waals surface area contributed by atoms with Gasteiger partial charge in [-0.3, -0.25) is 4.79 Å². The van der Waals surface area contributed by atoms with E-state index >= 15 is 0 Å². The lowest BCUT2D eigenvalue weighted by Crippen LogP contribution is -2.27. The van der Waals surface area contributed by atoms with Crippen molar-refractivity contribution in [1.29, 1.82) is 0 Å². The summed E-state index contributed by atoms with van der Waals surface area (Å²) in [5.41, 5.74) is 1.38. The number of nitrogens with one attached hydrogen (secondary N) is 2. The highest BCUT2D eigenvalue weighted by molar-refractivity contribution is 7.99. The third-order valence-corrected chi connectivity index (χ3v) is 5.51. The maximum Gasteiger partial charge on any atom is 0.251 e. The first-order valence-corrected chi connectivity index (χ1v) is 12.3. The highest BCUT2D eigenvalue weighted by Gasteiger charge is 2.13. The molecule has 0 unspecified atom stereocenters. The molecule has 0 fully saturated rings. The number of hydrogen-bond donors (Lipinski definition) is 2. The predicted octanol–water partition coefficient (Wildman–Crippen LogP) is 4.37. The van der Waals surface area contributed by atoms with Crippen LogP contribution in [0.15, 0.2) is 35.6 Å². The highest BCUT2D eigenvalue weighted by atomic mass is 32.2. The number of anilines is 1. The number of fused-ring (bicyclic) bond motifs is 1. The van der Waals surface area contributed by atoms with Crippen molar-refractivity contribution in [3.63, 3.8) is 0 Å². The molecular formula is C23H32N6O2S. The molecule has 0 bridgehead atoms. The van der Waals surface area contributed by atoms with Gasteiger partial charge in [-0.1, -0.05) is 39.0 Å². The van der Waals surface area contributed by atoms with Gasteiger partial charge in [0.2, 0.25) is 0 Å². The zero-order valence-electron chi connectivity index (χ0n) is 19.1. The van der Waals surface area contributed by atoms with Gasteiger partial charge in [-0.2, -0.15) is 5.10 Å². The van der Waals surface area contributed by atoms with Gasteiger partial charge in [0.1, 0.15) is 11.6 Å². The second kappa shape index (κ2) is 12.3. The van der Waals surface area contributed by atoms with Gasteiger partial charge in [0, 0.05) is 18.7 Å². The van der Waals surface area contributed by atoms with Crippen LogP contribution in [0.3, 0.4) is 0 Å². The Balaban J connectivity index is 1.62. The minimum absolute atomic E-state index is 0.122. The Morgan fingerprint density at radius 1 is 1.09 bits per heavy atom. The summed E-state index contributed by atoms with van der Waals surface area (Å²) in [5, 5.41) is 12.4. The number of ether oxygens (including phenoxy) is 1. The van der Waals surface area contributed by atoms with E-state index in [1.165, 1.54) is 0 Å². The lowest BCUT2D eigenvalue weighted by atomic mass is 10.2. The van der Waals surface area contributed by atoms with E-state index in [1.807, 2.05) is 16.8 Å². The molecule has 1 amide bonds. The largest absolute Gasteiger partial charge is 0.494 e. The predicted molar refractivity (Wildman–Crippen MR) is 130 cm³/mol. The second-order valence-electron chi connectivity index (χ2n) is 7.30. The first-order valence-electron chi connectivity index (χ1n) is 11.3. The lowest BCUT2D eigenvalue weighted by molar-refractivity contribution is 0.0952. The maximum atomic E-state index is 12.5. The molecule has 2 heterocycles. The fraction of sp³-hybridized carbons (Fsp3) is 0.478. The molecule has 8 nitrogen and oxygen atoms in total. The number of benzene rings is 1. The van der Waals surface area contributed by atoms with Crippen LogP contribution >= 0.6 is 11.8 Å². The Morgan fingerprint density at radius 3 is 2.62 bits per heavy atom. The molecule has 0 radical (unpaired) electrons. The molecule has 0 atom stereocenters. The highest BCUT2D eigenvalue weighted by Crippen LogP contribution is 2.24. The fourth-order valence-corrected chi connectivity index (χ4v) is 3.65. The van der Waals surface area contributed by atoms with Crippen molar-refractivity contribution in [3.8, 4) is 5.75 Å². The average Bonchev–Trinajstić information content (AvgIpc) is 3.21. The maximum absolute atomic E-state index is 12.5. The molecule has 2 aromatic heterocycles. The van der Waals surface area contributed by atoms with E-state index in [0.717, 1.165) is 59.3 Å². The van der Waals surface area contributed by atoms with Crippen molar-refractivity contribution >= 4 is 34.5 Å². The van der Waals surface area contributed by atoms with Gasteiger partial charge >= 0.3 is 0 Å². The topological polar surface area (TPSA) is 94.0 Å². The molecule has 32 heavy (non-hydrogen) atoms. The lowest BCUT2D eigenvalue weighted by Gasteiger charge is -2.10. The number of amides is 1. The van der Waals surface area contributed by atoms with Crippen molar-refractivity contribution < 1.29 is 9.53 Å². The number of unbranched alkanes of at least 4 members (excludes halogenated alkanes) is 1. The Morgan fingerprint density at radius 2 is 1.91 bits per heavy atom. The van der Waals surface area contributed by atoms with Crippen molar-refractivity contribution in [1.82, 2.24) is 25.1 Å². The van der Waals surface area contributed by atoms with E-state index < -0.39 is 0 Å². The van der Waals surface area contributed by atoms with Crippen LogP contribution in [-0.2, 0) is 6.54 Å². The fourth-order valence-electron chi connectivity index (χ4n) is 3.09. The summed E-state index contributed by atoms with van der Waals surface area (Å²) in [6.07, 6.45) is 4.90. The third-order valence-electron chi connectivity index (χ3n) is 4.78. The molecule has 0 spiro atoms. The normalized spacial score (nSPS) is 11.0. The molecule has 9 heteroatoms. The van der Waals surface area contributed by atoms with E-state index in [0.29, 0.717) is 25.3 Å². The summed E-state index contributed by atoms with van der Waals surface area (Å²) in [4.78, 5) is 21.8. The van der Waals surface area contributed by atoms with Gasteiger partial charge in [0.05, 0.1) is 24.7 Å². The minimum Gasteiger partial charge on any atom is -0.494 e. The molecule has 0 saturated heterocycles. The molecule has 172 valence electrons. The summed E-state index contributed by atoms with van der Waals surface area (Å²) < 4.78 is 7.47. The van der Waals surface area contributed by atoms with E-state index in [9.17, 15) is 4.79 Å². The molecular weight excluding hydrogens is 424 g/mol. The molecule has 1 aromatic carbocycles. The van der Waals surface area contributed by atoms with E-state index in [4.69, 9.17) is 4.74 Å².